The van der Waals surface area contributed by atoms with Crippen LogP contribution in [0.5, 0.6) is 5.75 Å². The molecule has 0 unspecified atom stereocenters. The summed E-state index contributed by atoms with van der Waals surface area (Å²) in [6.07, 6.45) is 2.81. The highest BCUT2D eigenvalue weighted by Gasteiger charge is 2.10. The smallest absolute Gasteiger partial charge is 0.131 e. The molecule has 1 rings (SSSR count). The van der Waals surface area contributed by atoms with Crippen LogP contribution in [-0.2, 0) is 0 Å². The maximum Gasteiger partial charge on any atom is 0.131 e. The van der Waals surface area contributed by atoms with Crippen LogP contribution < -0.4 is 5.73 Å². The van der Waals surface area contributed by atoms with Gasteiger partial charge in [0.2, 0.25) is 0 Å². The van der Waals surface area contributed by atoms with Crippen molar-refractivity contribution in [3.63, 3.8) is 0 Å². The third kappa shape index (κ3) is 2.70. The van der Waals surface area contributed by atoms with E-state index in [1.807, 2.05) is 0 Å². The maximum atomic E-state index is 13.3. The summed E-state index contributed by atoms with van der Waals surface area (Å²) in [5.41, 5.74) is 6.29. The Bertz CT molecular complexity index is 301. The van der Waals surface area contributed by atoms with Gasteiger partial charge < -0.3 is 10.8 Å². The van der Waals surface area contributed by atoms with Crippen molar-refractivity contribution in [3.8, 4) is 5.75 Å². The van der Waals surface area contributed by atoms with E-state index in [1.54, 1.807) is 6.07 Å². The third-order valence-electron chi connectivity index (χ3n) is 2.25. The number of halogens is 1. The average molecular weight is 197 g/mol. The number of nitrogens with two attached hydrogens (primary N) is 1. The van der Waals surface area contributed by atoms with Crippen LogP contribution >= 0.6 is 0 Å². The van der Waals surface area contributed by atoms with Gasteiger partial charge in [0.25, 0.3) is 0 Å². The van der Waals surface area contributed by atoms with Crippen molar-refractivity contribution in [1.82, 2.24) is 0 Å². The van der Waals surface area contributed by atoms with Gasteiger partial charge in [-0.15, -0.1) is 0 Å². The first-order valence-corrected chi connectivity index (χ1v) is 4.89. The second-order valence-electron chi connectivity index (χ2n) is 3.45. The second-order valence-corrected chi connectivity index (χ2v) is 3.45. The molecule has 14 heavy (non-hydrogen) atoms. The number of hydrogen-bond donors (Lipinski definition) is 2. The molecule has 78 valence electrons. The summed E-state index contributed by atoms with van der Waals surface area (Å²) in [4.78, 5) is 0. The Morgan fingerprint density at radius 3 is 2.79 bits per heavy atom. The Hall–Kier alpha value is -1.09. The molecule has 2 nitrogen and oxygen atoms in total. The van der Waals surface area contributed by atoms with Gasteiger partial charge in [0, 0.05) is 17.7 Å². The number of phenols is 1. The van der Waals surface area contributed by atoms with E-state index in [0.717, 1.165) is 25.3 Å². The number of phenolic OH excluding ortho intramolecular Hbond substituents is 1. The molecule has 0 saturated carbocycles. The zero-order chi connectivity index (χ0) is 10.6. The fraction of sp³-hybridized carbons (Fsp3) is 0.455. The van der Waals surface area contributed by atoms with E-state index in [4.69, 9.17) is 10.8 Å². The molecule has 0 aliphatic carbocycles. The Kier molecular flexibility index (Phi) is 3.89. The van der Waals surface area contributed by atoms with E-state index in [9.17, 15) is 4.39 Å². The highest BCUT2D eigenvalue weighted by atomic mass is 19.1. The van der Waals surface area contributed by atoms with E-state index in [2.05, 4.69) is 6.92 Å². The summed E-state index contributed by atoms with van der Waals surface area (Å²) in [6.45, 7) is 2.07. The van der Waals surface area contributed by atoms with Crippen LogP contribution in [-0.4, -0.2) is 5.11 Å². The molecule has 0 heterocycles. The van der Waals surface area contributed by atoms with E-state index in [-0.39, 0.29) is 11.8 Å². The number of unbranched alkanes of at least 4 members (excludes halogenated alkanes) is 1. The van der Waals surface area contributed by atoms with Gasteiger partial charge >= 0.3 is 0 Å². The standard InChI is InChI=1S/C11H16FNO/c1-2-3-4-11(13)9-6-5-8(14)7-10(9)12/h5-7,11,14H,2-4,13H2,1H3/t11-/m1/s1. The van der Waals surface area contributed by atoms with Crippen molar-refractivity contribution in [3.05, 3.63) is 29.6 Å². The monoisotopic (exact) mass is 197 g/mol. The number of hydrogen-bond acceptors (Lipinski definition) is 2. The van der Waals surface area contributed by atoms with Crippen LogP contribution in [0, 0.1) is 5.82 Å². The SMILES string of the molecule is CCCC[C@@H](N)c1ccc(O)cc1F. The molecule has 1 atom stereocenters. The Labute approximate surface area is 83.6 Å². The van der Waals surface area contributed by atoms with Crippen LogP contribution in [0.4, 0.5) is 4.39 Å². The molecule has 3 N–H and O–H groups in total. The molecule has 0 fully saturated rings. The lowest BCUT2D eigenvalue weighted by Gasteiger charge is -2.12. The van der Waals surface area contributed by atoms with Gasteiger partial charge in [-0.2, -0.15) is 0 Å². The van der Waals surface area contributed by atoms with E-state index >= 15 is 0 Å². The molecular weight excluding hydrogens is 181 g/mol. The van der Waals surface area contributed by atoms with Crippen LogP contribution in [0.3, 0.4) is 0 Å². The van der Waals surface area contributed by atoms with Gasteiger partial charge in [-0.05, 0) is 12.5 Å². The van der Waals surface area contributed by atoms with E-state index < -0.39 is 5.82 Å². The molecule has 0 spiro atoms. The highest BCUT2D eigenvalue weighted by molar-refractivity contribution is 5.29. The predicted octanol–water partition coefficient (Wildman–Crippen LogP) is 2.72. The van der Waals surface area contributed by atoms with Gasteiger partial charge in [0.1, 0.15) is 11.6 Å². The highest BCUT2D eigenvalue weighted by Crippen LogP contribution is 2.22. The largest absolute Gasteiger partial charge is 0.508 e. The van der Waals surface area contributed by atoms with Crippen molar-refractivity contribution in [2.24, 2.45) is 5.73 Å². The van der Waals surface area contributed by atoms with Gasteiger partial charge in [-0.1, -0.05) is 25.8 Å². The molecule has 0 bridgehead atoms. The quantitative estimate of drug-likeness (QED) is 0.779. The molecule has 0 saturated heterocycles. The third-order valence-corrected chi connectivity index (χ3v) is 2.25. The summed E-state index contributed by atoms with van der Waals surface area (Å²) in [5.74, 6) is -0.484. The first-order valence-electron chi connectivity index (χ1n) is 4.89. The Morgan fingerprint density at radius 1 is 1.50 bits per heavy atom. The molecule has 0 radical (unpaired) electrons. The second kappa shape index (κ2) is 4.96. The van der Waals surface area contributed by atoms with Crippen LogP contribution in [0.25, 0.3) is 0 Å². The lowest BCUT2D eigenvalue weighted by atomic mass is 10.0. The molecule has 0 amide bonds. The van der Waals surface area contributed by atoms with Gasteiger partial charge in [-0.25, -0.2) is 4.39 Å². The van der Waals surface area contributed by atoms with Crippen molar-refractivity contribution in [2.45, 2.75) is 32.2 Å². The predicted molar refractivity (Wildman–Crippen MR) is 54.5 cm³/mol. The summed E-state index contributed by atoms with van der Waals surface area (Å²) in [5, 5.41) is 9.01. The minimum Gasteiger partial charge on any atom is -0.508 e. The summed E-state index contributed by atoms with van der Waals surface area (Å²) >= 11 is 0. The zero-order valence-electron chi connectivity index (χ0n) is 8.33. The molecule has 0 aliphatic rings. The first-order chi connectivity index (χ1) is 6.65. The van der Waals surface area contributed by atoms with Gasteiger partial charge in [0.05, 0.1) is 0 Å². The minimum atomic E-state index is -0.423. The van der Waals surface area contributed by atoms with Gasteiger partial charge in [0.15, 0.2) is 0 Å². The fourth-order valence-electron chi connectivity index (χ4n) is 1.40. The zero-order valence-corrected chi connectivity index (χ0v) is 8.33. The number of aromatic hydroxyl groups is 1. The van der Waals surface area contributed by atoms with Crippen molar-refractivity contribution in [2.75, 3.05) is 0 Å². The van der Waals surface area contributed by atoms with E-state index in [0.29, 0.717) is 5.56 Å². The summed E-state index contributed by atoms with van der Waals surface area (Å²) < 4.78 is 13.3. The Morgan fingerprint density at radius 2 is 2.21 bits per heavy atom. The van der Waals surface area contributed by atoms with E-state index in [1.165, 1.54) is 6.07 Å². The molecule has 1 aromatic carbocycles. The Balaban J connectivity index is 2.74. The topological polar surface area (TPSA) is 46.2 Å². The summed E-state index contributed by atoms with van der Waals surface area (Å²) in [6, 6.07) is 3.84. The maximum absolute atomic E-state index is 13.3. The minimum absolute atomic E-state index is 0.0612. The normalized spacial score (nSPS) is 12.8. The fourth-order valence-corrected chi connectivity index (χ4v) is 1.40. The van der Waals surface area contributed by atoms with Crippen LogP contribution in [0.2, 0.25) is 0 Å². The average Bonchev–Trinajstić information content (AvgIpc) is 2.14. The first kappa shape index (κ1) is 11.0. The molecular formula is C11H16FNO. The van der Waals surface area contributed by atoms with Crippen molar-refractivity contribution in [1.29, 1.82) is 0 Å². The number of benzene rings is 1. The summed E-state index contributed by atoms with van der Waals surface area (Å²) in [7, 11) is 0. The van der Waals surface area contributed by atoms with Crippen molar-refractivity contribution >= 4 is 0 Å². The van der Waals surface area contributed by atoms with Crippen molar-refractivity contribution < 1.29 is 9.50 Å². The lowest BCUT2D eigenvalue weighted by molar-refractivity contribution is 0.465. The molecule has 0 aliphatic heterocycles. The number of rotatable bonds is 4. The van der Waals surface area contributed by atoms with Gasteiger partial charge in [-0.3, -0.25) is 0 Å². The molecule has 1 aromatic rings. The van der Waals surface area contributed by atoms with Crippen LogP contribution in [0.15, 0.2) is 18.2 Å². The molecule has 0 aromatic heterocycles. The van der Waals surface area contributed by atoms with Crippen LogP contribution in [0.1, 0.15) is 37.8 Å². The lowest BCUT2D eigenvalue weighted by Crippen LogP contribution is -2.11. The molecule has 3 heteroatoms.